The normalized spacial score (nSPS) is 13.7. The average Bonchev–Trinajstić information content (AvgIpc) is 2.59. The largest absolute Gasteiger partial charge is 0.385 e. The number of para-hydroxylation sites is 2. The molecule has 1 unspecified atom stereocenters. The molecule has 74 valence electrons. The van der Waals surface area contributed by atoms with E-state index in [0.29, 0.717) is 5.82 Å². The lowest BCUT2D eigenvalue weighted by atomic mass is 10.1. The van der Waals surface area contributed by atoms with Crippen molar-refractivity contribution in [1.29, 1.82) is 0 Å². The predicted octanol–water partition coefficient (Wildman–Crippen LogP) is 2.25. The first-order valence-corrected chi connectivity index (χ1v) is 4.81. The van der Waals surface area contributed by atoms with Crippen molar-refractivity contribution in [2.45, 2.75) is 20.0 Å². The summed E-state index contributed by atoms with van der Waals surface area (Å²) in [4.78, 5) is 7.44. The fourth-order valence-corrected chi connectivity index (χ4v) is 1.43. The first kappa shape index (κ1) is 9.21. The smallest absolute Gasteiger partial charge is 0.136 e. The molecule has 0 radical (unpaired) electrons. The minimum atomic E-state index is -0.512. The van der Waals surface area contributed by atoms with Crippen LogP contribution in [0.2, 0.25) is 0 Å². The van der Waals surface area contributed by atoms with E-state index in [4.69, 9.17) is 0 Å². The van der Waals surface area contributed by atoms with E-state index in [1.165, 1.54) is 0 Å². The number of hydrogen-bond acceptors (Lipinski definition) is 2. The number of fused-ring (bicyclic) bond motifs is 1. The summed E-state index contributed by atoms with van der Waals surface area (Å²) in [5.41, 5.74) is 1.88. The third kappa shape index (κ3) is 1.51. The molecule has 1 aromatic heterocycles. The van der Waals surface area contributed by atoms with Gasteiger partial charge in [-0.15, -0.1) is 0 Å². The van der Waals surface area contributed by atoms with Crippen LogP contribution < -0.4 is 0 Å². The second-order valence-electron chi connectivity index (χ2n) is 3.83. The molecule has 0 saturated heterocycles. The molecule has 0 bridgehead atoms. The highest BCUT2D eigenvalue weighted by atomic mass is 16.3. The van der Waals surface area contributed by atoms with E-state index in [1.54, 1.807) is 0 Å². The number of aromatic nitrogens is 2. The molecule has 2 rings (SSSR count). The number of benzene rings is 1. The molecule has 2 aromatic rings. The second-order valence-corrected chi connectivity index (χ2v) is 3.83. The van der Waals surface area contributed by atoms with Gasteiger partial charge in [-0.25, -0.2) is 4.98 Å². The number of hydrogen-bond donors (Lipinski definition) is 2. The molecule has 1 atom stereocenters. The zero-order valence-corrected chi connectivity index (χ0v) is 8.36. The summed E-state index contributed by atoms with van der Waals surface area (Å²) in [5.74, 6) is 0.830. The van der Waals surface area contributed by atoms with Crippen molar-refractivity contribution < 1.29 is 5.11 Å². The maximum Gasteiger partial charge on any atom is 0.136 e. The summed E-state index contributed by atoms with van der Waals surface area (Å²) in [6.45, 7) is 3.94. The molecule has 0 aliphatic heterocycles. The first-order chi connectivity index (χ1) is 6.68. The number of aromatic amines is 1. The van der Waals surface area contributed by atoms with Crippen molar-refractivity contribution in [3.05, 3.63) is 30.1 Å². The highest BCUT2D eigenvalue weighted by Crippen LogP contribution is 2.21. The number of nitrogens with zero attached hydrogens (tertiary/aromatic N) is 1. The number of H-pyrrole nitrogens is 1. The summed E-state index contributed by atoms with van der Waals surface area (Å²) in [6.07, 6.45) is -0.512. The van der Waals surface area contributed by atoms with Crippen LogP contribution >= 0.6 is 0 Å². The Bertz CT molecular complexity index is 401. The molecule has 0 saturated carbocycles. The lowest BCUT2D eigenvalue weighted by molar-refractivity contribution is 0.119. The molecule has 0 amide bonds. The van der Waals surface area contributed by atoms with Gasteiger partial charge in [0.2, 0.25) is 0 Å². The number of imidazole rings is 1. The number of nitrogens with one attached hydrogen (secondary N) is 1. The molecule has 3 nitrogen and oxygen atoms in total. The van der Waals surface area contributed by atoms with Crippen molar-refractivity contribution in [1.82, 2.24) is 9.97 Å². The summed E-state index contributed by atoms with van der Waals surface area (Å²) >= 11 is 0. The molecule has 1 heterocycles. The Kier molecular flexibility index (Phi) is 2.25. The van der Waals surface area contributed by atoms with Gasteiger partial charge in [-0.2, -0.15) is 0 Å². The molecule has 1 aromatic carbocycles. The fourth-order valence-electron chi connectivity index (χ4n) is 1.43. The molecule has 0 aliphatic rings. The van der Waals surface area contributed by atoms with Crippen molar-refractivity contribution in [2.24, 2.45) is 5.92 Å². The number of rotatable bonds is 2. The molecule has 2 N–H and O–H groups in total. The van der Waals surface area contributed by atoms with Crippen LogP contribution in [0.1, 0.15) is 25.8 Å². The second kappa shape index (κ2) is 3.42. The lowest BCUT2D eigenvalue weighted by Crippen LogP contribution is -2.06. The van der Waals surface area contributed by atoms with Crippen molar-refractivity contribution in [3.8, 4) is 0 Å². The van der Waals surface area contributed by atoms with Crippen LogP contribution in [0.5, 0.6) is 0 Å². The maximum absolute atomic E-state index is 9.81. The Labute approximate surface area is 82.8 Å². The van der Waals surface area contributed by atoms with Gasteiger partial charge >= 0.3 is 0 Å². The zero-order valence-electron chi connectivity index (χ0n) is 8.36. The standard InChI is InChI=1S/C11H14N2O/c1-7(2)10(14)11-12-8-5-3-4-6-9(8)13-11/h3-7,10,14H,1-2H3,(H,12,13). The molecule has 0 spiro atoms. The highest BCUT2D eigenvalue weighted by molar-refractivity contribution is 5.74. The van der Waals surface area contributed by atoms with Crippen LogP contribution in [-0.4, -0.2) is 15.1 Å². The molecular formula is C11H14N2O. The predicted molar refractivity (Wildman–Crippen MR) is 55.9 cm³/mol. The van der Waals surface area contributed by atoms with Crippen molar-refractivity contribution in [3.63, 3.8) is 0 Å². The third-order valence-corrected chi connectivity index (χ3v) is 2.32. The average molecular weight is 190 g/mol. The Hall–Kier alpha value is -1.35. The SMILES string of the molecule is CC(C)C(O)c1nc2ccccc2[nH]1. The van der Waals surface area contributed by atoms with E-state index < -0.39 is 6.10 Å². The lowest BCUT2D eigenvalue weighted by Gasteiger charge is -2.10. The molecular weight excluding hydrogens is 176 g/mol. The van der Waals surface area contributed by atoms with Gasteiger partial charge in [-0.1, -0.05) is 26.0 Å². The quantitative estimate of drug-likeness (QED) is 0.763. The van der Waals surface area contributed by atoms with E-state index in [1.807, 2.05) is 38.1 Å². The Morgan fingerprint density at radius 2 is 2.00 bits per heavy atom. The van der Waals surface area contributed by atoms with E-state index in [-0.39, 0.29) is 5.92 Å². The topological polar surface area (TPSA) is 48.9 Å². The van der Waals surface area contributed by atoms with Crippen LogP contribution in [-0.2, 0) is 0 Å². The van der Waals surface area contributed by atoms with Crippen LogP contribution in [0.4, 0.5) is 0 Å². The van der Waals surface area contributed by atoms with Gasteiger partial charge in [0.05, 0.1) is 11.0 Å². The van der Waals surface area contributed by atoms with Gasteiger partial charge in [0.15, 0.2) is 0 Å². The van der Waals surface area contributed by atoms with Crippen LogP contribution in [0.25, 0.3) is 11.0 Å². The Balaban J connectivity index is 2.45. The zero-order chi connectivity index (χ0) is 10.1. The van der Waals surface area contributed by atoms with E-state index >= 15 is 0 Å². The van der Waals surface area contributed by atoms with Gasteiger partial charge in [-0.3, -0.25) is 0 Å². The van der Waals surface area contributed by atoms with Gasteiger partial charge in [-0.05, 0) is 18.1 Å². The number of aliphatic hydroxyl groups excluding tert-OH is 1. The minimum absolute atomic E-state index is 0.176. The van der Waals surface area contributed by atoms with Gasteiger partial charge in [0.25, 0.3) is 0 Å². The summed E-state index contributed by atoms with van der Waals surface area (Å²) in [5, 5.41) is 9.81. The monoisotopic (exact) mass is 190 g/mol. The minimum Gasteiger partial charge on any atom is -0.385 e. The van der Waals surface area contributed by atoms with E-state index in [2.05, 4.69) is 9.97 Å². The van der Waals surface area contributed by atoms with Gasteiger partial charge in [0.1, 0.15) is 11.9 Å². The first-order valence-electron chi connectivity index (χ1n) is 4.81. The van der Waals surface area contributed by atoms with E-state index in [9.17, 15) is 5.11 Å². The maximum atomic E-state index is 9.81. The Morgan fingerprint density at radius 1 is 1.29 bits per heavy atom. The molecule has 14 heavy (non-hydrogen) atoms. The molecule has 3 heteroatoms. The molecule has 0 fully saturated rings. The summed E-state index contributed by atoms with van der Waals surface area (Å²) < 4.78 is 0. The van der Waals surface area contributed by atoms with Crippen molar-refractivity contribution in [2.75, 3.05) is 0 Å². The van der Waals surface area contributed by atoms with E-state index in [0.717, 1.165) is 11.0 Å². The fraction of sp³-hybridized carbons (Fsp3) is 0.364. The summed E-state index contributed by atoms with van der Waals surface area (Å²) in [6, 6.07) is 7.78. The Morgan fingerprint density at radius 3 is 2.64 bits per heavy atom. The van der Waals surface area contributed by atoms with Gasteiger partial charge in [0, 0.05) is 0 Å². The molecule has 0 aliphatic carbocycles. The van der Waals surface area contributed by atoms with Crippen LogP contribution in [0.3, 0.4) is 0 Å². The van der Waals surface area contributed by atoms with Crippen molar-refractivity contribution >= 4 is 11.0 Å². The third-order valence-electron chi connectivity index (χ3n) is 2.32. The van der Waals surface area contributed by atoms with Crippen LogP contribution in [0.15, 0.2) is 24.3 Å². The van der Waals surface area contributed by atoms with Gasteiger partial charge < -0.3 is 10.1 Å². The summed E-state index contributed by atoms with van der Waals surface area (Å²) in [7, 11) is 0. The van der Waals surface area contributed by atoms with Crippen LogP contribution in [0, 0.1) is 5.92 Å². The highest BCUT2D eigenvalue weighted by Gasteiger charge is 2.15. The number of aliphatic hydroxyl groups is 1.